The third-order valence-electron chi connectivity index (χ3n) is 1.68. The highest BCUT2D eigenvalue weighted by Gasteiger charge is 2.18. The molecule has 0 rings (SSSR count). The van der Waals surface area contributed by atoms with Crippen molar-refractivity contribution >= 4 is 25.4 Å². The molecule has 1 nitrogen and oxygen atoms in total. The molecule has 0 radical (unpaired) electrons. The molecule has 2 atom stereocenters. The molecule has 0 aliphatic rings. The lowest BCUT2D eigenvalue weighted by Crippen LogP contribution is -2.18. The van der Waals surface area contributed by atoms with Crippen LogP contribution in [0.15, 0.2) is 0 Å². The second kappa shape index (κ2) is 5.50. The van der Waals surface area contributed by atoms with Crippen LogP contribution in [0, 0.1) is 5.92 Å². The van der Waals surface area contributed by atoms with Crippen molar-refractivity contribution in [3.05, 3.63) is 0 Å². The number of alkyl halides is 1. The average molecular weight is 241 g/mol. The van der Waals surface area contributed by atoms with E-state index in [0.717, 1.165) is 13.0 Å². The smallest absolute Gasteiger partial charge is 0.0530 e. The first-order chi connectivity index (χ1) is 4.99. The molecule has 0 aromatic carbocycles. The molecular formula is C8H18BrOP. The van der Waals surface area contributed by atoms with Gasteiger partial charge in [-0.2, -0.15) is 0 Å². The molecule has 68 valence electrons. The van der Waals surface area contributed by atoms with Crippen molar-refractivity contribution in [3.8, 4) is 0 Å². The zero-order valence-electron chi connectivity index (χ0n) is 7.56. The molecule has 0 spiro atoms. The summed E-state index contributed by atoms with van der Waals surface area (Å²) in [6, 6.07) is 0. The van der Waals surface area contributed by atoms with E-state index in [1.54, 1.807) is 0 Å². The Morgan fingerprint density at radius 2 is 2.09 bits per heavy atom. The number of hydrogen-bond acceptors (Lipinski definition) is 1. The molecule has 2 unspecified atom stereocenters. The van der Waals surface area contributed by atoms with E-state index in [4.69, 9.17) is 4.52 Å². The van der Waals surface area contributed by atoms with Crippen LogP contribution in [0.3, 0.4) is 0 Å². The van der Waals surface area contributed by atoms with Crippen LogP contribution in [-0.2, 0) is 4.52 Å². The van der Waals surface area contributed by atoms with Crippen LogP contribution in [0.2, 0.25) is 0 Å². The van der Waals surface area contributed by atoms with Gasteiger partial charge in [-0.15, -0.1) is 0 Å². The summed E-state index contributed by atoms with van der Waals surface area (Å²) in [6.07, 6.45) is 2.35. The van der Waals surface area contributed by atoms with Gasteiger partial charge in [0, 0.05) is 13.8 Å². The lowest BCUT2D eigenvalue weighted by atomic mass is 9.96. The second-order valence-electron chi connectivity index (χ2n) is 3.53. The fourth-order valence-corrected chi connectivity index (χ4v) is 1.87. The Kier molecular flexibility index (Phi) is 5.94. The van der Waals surface area contributed by atoms with Crippen molar-refractivity contribution in [1.82, 2.24) is 0 Å². The molecule has 0 amide bonds. The standard InChI is InChI=1S/C8H18BrOP/c1-4-7(6-10-11)5-8(2,3)9/h7H,4-6,11H2,1-3H3. The van der Waals surface area contributed by atoms with Gasteiger partial charge < -0.3 is 4.52 Å². The van der Waals surface area contributed by atoms with E-state index in [2.05, 4.69) is 46.2 Å². The molecule has 0 aromatic heterocycles. The van der Waals surface area contributed by atoms with Gasteiger partial charge in [0.25, 0.3) is 0 Å². The Hall–Kier alpha value is 0.870. The van der Waals surface area contributed by atoms with Crippen molar-refractivity contribution in [3.63, 3.8) is 0 Å². The van der Waals surface area contributed by atoms with Crippen LogP contribution in [0.1, 0.15) is 33.6 Å². The van der Waals surface area contributed by atoms with Crippen LogP contribution in [0.25, 0.3) is 0 Å². The summed E-state index contributed by atoms with van der Waals surface area (Å²) < 4.78 is 5.28. The van der Waals surface area contributed by atoms with E-state index in [-0.39, 0.29) is 4.32 Å². The predicted molar refractivity (Wildman–Crippen MR) is 57.1 cm³/mol. The Labute approximate surface area is 80.7 Å². The Balaban J connectivity index is 3.68. The van der Waals surface area contributed by atoms with E-state index in [1.165, 1.54) is 6.42 Å². The molecule has 3 heteroatoms. The van der Waals surface area contributed by atoms with Gasteiger partial charge in [0.15, 0.2) is 0 Å². The first kappa shape index (κ1) is 11.9. The molecule has 0 N–H and O–H groups in total. The summed E-state index contributed by atoms with van der Waals surface area (Å²) in [5.41, 5.74) is 0. The monoisotopic (exact) mass is 240 g/mol. The minimum atomic E-state index is 0.247. The summed E-state index contributed by atoms with van der Waals surface area (Å²) in [5, 5.41) is 0. The molecule has 0 aliphatic carbocycles. The molecule has 0 saturated heterocycles. The Bertz CT molecular complexity index is 101. The molecule has 0 aliphatic heterocycles. The summed E-state index contributed by atoms with van der Waals surface area (Å²) in [6.45, 7) is 7.43. The number of halogens is 1. The summed E-state index contributed by atoms with van der Waals surface area (Å²) in [5.74, 6) is 0.668. The third-order valence-corrected chi connectivity index (χ3v) is 2.20. The van der Waals surface area contributed by atoms with E-state index >= 15 is 0 Å². The lowest BCUT2D eigenvalue weighted by Gasteiger charge is -2.22. The van der Waals surface area contributed by atoms with E-state index < -0.39 is 0 Å². The van der Waals surface area contributed by atoms with Crippen LogP contribution in [-0.4, -0.2) is 10.9 Å². The lowest BCUT2D eigenvalue weighted by molar-refractivity contribution is 0.258. The zero-order chi connectivity index (χ0) is 8.91. The number of hydrogen-bond donors (Lipinski definition) is 0. The highest BCUT2D eigenvalue weighted by molar-refractivity contribution is 9.10. The van der Waals surface area contributed by atoms with Crippen LogP contribution in [0.4, 0.5) is 0 Å². The summed E-state index contributed by atoms with van der Waals surface area (Å²) in [7, 11) is 2.31. The van der Waals surface area contributed by atoms with Gasteiger partial charge in [-0.3, -0.25) is 0 Å². The van der Waals surface area contributed by atoms with Gasteiger partial charge in [0.2, 0.25) is 0 Å². The normalized spacial score (nSPS) is 15.0. The topological polar surface area (TPSA) is 9.23 Å². The van der Waals surface area contributed by atoms with Gasteiger partial charge in [0.1, 0.15) is 0 Å². The van der Waals surface area contributed by atoms with Crippen molar-refractivity contribution < 1.29 is 4.52 Å². The van der Waals surface area contributed by atoms with Crippen LogP contribution < -0.4 is 0 Å². The van der Waals surface area contributed by atoms with Crippen molar-refractivity contribution in [2.75, 3.05) is 6.61 Å². The largest absolute Gasteiger partial charge is 0.365 e. The Morgan fingerprint density at radius 3 is 2.36 bits per heavy atom. The van der Waals surface area contributed by atoms with E-state index in [1.807, 2.05) is 0 Å². The van der Waals surface area contributed by atoms with Gasteiger partial charge in [0.05, 0.1) is 6.61 Å². The van der Waals surface area contributed by atoms with Gasteiger partial charge >= 0.3 is 0 Å². The predicted octanol–water partition coefficient (Wildman–Crippen LogP) is 3.38. The highest BCUT2D eigenvalue weighted by Crippen LogP contribution is 2.27. The molecule has 0 heterocycles. The maximum atomic E-state index is 5.04. The minimum absolute atomic E-state index is 0.247. The molecule has 0 saturated carbocycles. The van der Waals surface area contributed by atoms with Crippen molar-refractivity contribution in [2.45, 2.75) is 37.9 Å². The van der Waals surface area contributed by atoms with E-state index in [0.29, 0.717) is 5.92 Å². The molecule has 0 bridgehead atoms. The van der Waals surface area contributed by atoms with E-state index in [9.17, 15) is 0 Å². The zero-order valence-corrected chi connectivity index (χ0v) is 10.3. The minimum Gasteiger partial charge on any atom is -0.365 e. The van der Waals surface area contributed by atoms with Gasteiger partial charge in [-0.1, -0.05) is 43.1 Å². The van der Waals surface area contributed by atoms with Crippen LogP contribution >= 0.6 is 25.4 Å². The van der Waals surface area contributed by atoms with Crippen molar-refractivity contribution in [1.29, 1.82) is 0 Å². The van der Waals surface area contributed by atoms with Gasteiger partial charge in [-0.05, 0) is 12.3 Å². The van der Waals surface area contributed by atoms with Crippen molar-refractivity contribution in [2.24, 2.45) is 5.92 Å². The molecule has 11 heavy (non-hydrogen) atoms. The SMILES string of the molecule is CCC(COP)CC(C)(C)Br. The first-order valence-electron chi connectivity index (χ1n) is 4.00. The fraction of sp³-hybridized carbons (Fsp3) is 1.00. The fourth-order valence-electron chi connectivity index (χ4n) is 1.14. The summed E-state index contributed by atoms with van der Waals surface area (Å²) in [4.78, 5) is 0. The van der Waals surface area contributed by atoms with Crippen LogP contribution in [0.5, 0.6) is 0 Å². The third kappa shape index (κ3) is 7.24. The summed E-state index contributed by atoms with van der Waals surface area (Å²) >= 11 is 3.63. The average Bonchev–Trinajstić information content (AvgIpc) is 1.84. The Morgan fingerprint density at radius 1 is 1.55 bits per heavy atom. The quantitative estimate of drug-likeness (QED) is 0.529. The van der Waals surface area contributed by atoms with Gasteiger partial charge in [-0.25, -0.2) is 0 Å². The second-order valence-corrected chi connectivity index (χ2v) is 6.01. The maximum Gasteiger partial charge on any atom is 0.0530 e. The molecule has 0 aromatic rings. The number of rotatable bonds is 5. The first-order valence-corrected chi connectivity index (χ1v) is 5.26. The highest BCUT2D eigenvalue weighted by atomic mass is 79.9. The maximum absolute atomic E-state index is 5.04. The molecular weight excluding hydrogens is 223 g/mol. The molecule has 0 fully saturated rings.